The van der Waals surface area contributed by atoms with Crippen molar-refractivity contribution in [2.24, 2.45) is 4.99 Å². The molecule has 26 heavy (non-hydrogen) atoms. The number of guanidine groups is 1. The highest BCUT2D eigenvalue weighted by atomic mass is 35.5. The van der Waals surface area contributed by atoms with Gasteiger partial charge in [0.2, 0.25) is 0 Å². The van der Waals surface area contributed by atoms with Crippen molar-refractivity contribution in [1.29, 1.82) is 0 Å². The Labute approximate surface area is 159 Å². The van der Waals surface area contributed by atoms with Gasteiger partial charge in [-0.3, -0.25) is 9.79 Å². The number of aliphatic imine (C=N–C) groups is 1. The van der Waals surface area contributed by atoms with Crippen molar-refractivity contribution in [1.82, 2.24) is 20.5 Å². The molecule has 2 N–H and O–H groups in total. The summed E-state index contributed by atoms with van der Waals surface area (Å²) in [6.45, 7) is 1.36. The van der Waals surface area contributed by atoms with Gasteiger partial charge in [-0.15, -0.1) is 0 Å². The molecule has 138 valence electrons. The maximum Gasteiger partial charge on any atom is 0.253 e. The highest BCUT2D eigenvalue weighted by Gasteiger charge is 2.07. The van der Waals surface area contributed by atoms with Crippen LogP contribution in [-0.4, -0.2) is 49.4 Å². The van der Waals surface area contributed by atoms with Crippen LogP contribution in [0.15, 0.2) is 47.6 Å². The Bertz CT molecular complexity index is 742. The Balaban J connectivity index is 1.79. The molecule has 0 fully saturated rings. The van der Waals surface area contributed by atoms with E-state index in [1.807, 2.05) is 30.3 Å². The zero-order valence-corrected chi connectivity index (χ0v) is 16.0. The molecular formula is C19H24ClN5O. The zero-order valence-electron chi connectivity index (χ0n) is 15.3. The average Bonchev–Trinajstić information content (AvgIpc) is 2.65. The molecule has 0 aliphatic rings. The average molecular weight is 374 g/mol. The van der Waals surface area contributed by atoms with Crippen molar-refractivity contribution < 1.29 is 4.79 Å². The van der Waals surface area contributed by atoms with E-state index in [0.29, 0.717) is 17.3 Å². The monoisotopic (exact) mass is 373 g/mol. The quantitative estimate of drug-likeness (QED) is 0.463. The molecule has 0 aliphatic carbocycles. The van der Waals surface area contributed by atoms with Crippen LogP contribution in [0.2, 0.25) is 5.15 Å². The Kier molecular flexibility index (Phi) is 7.41. The summed E-state index contributed by atoms with van der Waals surface area (Å²) in [4.78, 5) is 21.7. The third-order valence-electron chi connectivity index (χ3n) is 3.79. The van der Waals surface area contributed by atoms with Crippen LogP contribution in [0, 0.1) is 0 Å². The summed E-state index contributed by atoms with van der Waals surface area (Å²) >= 11 is 5.78. The van der Waals surface area contributed by atoms with E-state index < -0.39 is 0 Å². The lowest BCUT2D eigenvalue weighted by Crippen LogP contribution is -2.37. The molecular weight excluding hydrogens is 350 g/mol. The molecule has 1 amide bonds. The minimum atomic E-state index is -0.00123. The second kappa shape index (κ2) is 9.77. The van der Waals surface area contributed by atoms with Gasteiger partial charge in [-0.1, -0.05) is 29.8 Å². The van der Waals surface area contributed by atoms with Gasteiger partial charge in [0.25, 0.3) is 5.91 Å². The SMILES string of the molecule is CN=C(NCCc1ccc(Cl)nc1)NCc1ccc(C(=O)N(C)C)cc1. The van der Waals surface area contributed by atoms with Gasteiger partial charge in [-0.25, -0.2) is 4.98 Å². The molecule has 2 rings (SSSR count). The van der Waals surface area contributed by atoms with Crippen molar-refractivity contribution in [2.45, 2.75) is 13.0 Å². The van der Waals surface area contributed by atoms with E-state index in [0.717, 1.165) is 30.1 Å². The Hall–Kier alpha value is -2.60. The molecule has 0 bridgehead atoms. The van der Waals surface area contributed by atoms with E-state index in [-0.39, 0.29) is 5.91 Å². The largest absolute Gasteiger partial charge is 0.356 e. The van der Waals surface area contributed by atoms with Crippen LogP contribution in [0.3, 0.4) is 0 Å². The molecule has 1 heterocycles. The number of amides is 1. The number of aromatic nitrogens is 1. The van der Waals surface area contributed by atoms with Crippen molar-refractivity contribution in [3.05, 3.63) is 64.4 Å². The van der Waals surface area contributed by atoms with Crippen LogP contribution >= 0.6 is 11.6 Å². The Morgan fingerprint density at radius 1 is 1.12 bits per heavy atom. The number of hydrogen-bond acceptors (Lipinski definition) is 3. The van der Waals surface area contributed by atoms with Crippen LogP contribution in [0.25, 0.3) is 0 Å². The molecule has 0 saturated carbocycles. The maximum absolute atomic E-state index is 11.9. The first-order valence-electron chi connectivity index (χ1n) is 8.35. The van der Waals surface area contributed by atoms with Crippen LogP contribution < -0.4 is 10.6 Å². The Morgan fingerprint density at radius 2 is 1.81 bits per heavy atom. The van der Waals surface area contributed by atoms with Gasteiger partial charge in [0.15, 0.2) is 5.96 Å². The van der Waals surface area contributed by atoms with E-state index in [1.165, 1.54) is 0 Å². The van der Waals surface area contributed by atoms with Crippen LogP contribution in [0.1, 0.15) is 21.5 Å². The van der Waals surface area contributed by atoms with Gasteiger partial charge in [0.05, 0.1) is 0 Å². The highest BCUT2D eigenvalue weighted by molar-refractivity contribution is 6.29. The summed E-state index contributed by atoms with van der Waals surface area (Å²) in [7, 11) is 5.22. The predicted molar refractivity (Wildman–Crippen MR) is 106 cm³/mol. The first-order valence-corrected chi connectivity index (χ1v) is 8.73. The van der Waals surface area contributed by atoms with Crippen LogP contribution in [0.4, 0.5) is 0 Å². The van der Waals surface area contributed by atoms with Gasteiger partial charge in [0.1, 0.15) is 5.15 Å². The molecule has 0 atom stereocenters. The molecule has 2 aromatic rings. The van der Waals surface area contributed by atoms with Crippen molar-refractivity contribution in [3.8, 4) is 0 Å². The summed E-state index contributed by atoms with van der Waals surface area (Å²) < 4.78 is 0. The van der Waals surface area contributed by atoms with Gasteiger partial charge in [-0.2, -0.15) is 0 Å². The normalized spacial score (nSPS) is 11.2. The number of hydrogen-bond donors (Lipinski definition) is 2. The van der Waals surface area contributed by atoms with E-state index in [9.17, 15) is 4.79 Å². The molecule has 0 saturated heterocycles. The number of halogens is 1. The van der Waals surface area contributed by atoms with E-state index in [4.69, 9.17) is 11.6 Å². The predicted octanol–water partition coefficient (Wildman–Crippen LogP) is 2.34. The molecule has 1 aromatic heterocycles. The lowest BCUT2D eigenvalue weighted by atomic mass is 10.1. The van der Waals surface area contributed by atoms with Gasteiger partial charge in [-0.05, 0) is 35.7 Å². The minimum absolute atomic E-state index is 0.00123. The maximum atomic E-state index is 11.9. The number of pyridine rings is 1. The number of nitrogens with zero attached hydrogens (tertiary/aromatic N) is 3. The summed E-state index contributed by atoms with van der Waals surface area (Å²) in [5.74, 6) is 0.721. The molecule has 0 aliphatic heterocycles. The third-order valence-corrected chi connectivity index (χ3v) is 4.01. The summed E-state index contributed by atoms with van der Waals surface area (Å²) in [5, 5.41) is 7.02. The van der Waals surface area contributed by atoms with Crippen LogP contribution in [0.5, 0.6) is 0 Å². The standard InChI is InChI=1S/C19H24ClN5O/c1-21-19(22-11-10-15-6-9-17(20)23-12-15)24-13-14-4-7-16(8-5-14)18(26)25(2)3/h4-9,12H,10-11,13H2,1-3H3,(H2,21,22,24). The summed E-state index contributed by atoms with van der Waals surface area (Å²) in [5.41, 5.74) is 2.86. The molecule has 7 heteroatoms. The first kappa shape index (κ1) is 19.7. The molecule has 0 radical (unpaired) electrons. The van der Waals surface area contributed by atoms with Crippen molar-refractivity contribution in [3.63, 3.8) is 0 Å². The molecule has 0 unspecified atom stereocenters. The fraction of sp³-hybridized carbons (Fsp3) is 0.316. The van der Waals surface area contributed by atoms with E-state index in [2.05, 4.69) is 20.6 Å². The molecule has 6 nitrogen and oxygen atoms in total. The summed E-state index contributed by atoms with van der Waals surface area (Å²) in [6, 6.07) is 11.3. The minimum Gasteiger partial charge on any atom is -0.356 e. The number of rotatable bonds is 6. The van der Waals surface area contributed by atoms with Crippen molar-refractivity contribution >= 4 is 23.5 Å². The second-order valence-corrected chi connectivity index (χ2v) is 6.38. The van der Waals surface area contributed by atoms with Gasteiger partial charge < -0.3 is 15.5 Å². The zero-order chi connectivity index (χ0) is 18.9. The summed E-state index contributed by atoms with van der Waals surface area (Å²) in [6.07, 6.45) is 2.60. The highest BCUT2D eigenvalue weighted by Crippen LogP contribution is 2.07. The van der Waals surface area contributed by atoms with Gasteiger partial charge in [0, 0.05) is 46.0 Å². The Morgan fingerprint density at radius 3 is 2.38 bits per heavy atom. The number of carbonyl (C=O) groups excluding carboxylic acids is 1. The lowest BCUT2D eigenvalue weighted by molar-refractivity contribution is 0.0827. The number of nitrogens with one attached hydrogen (secondary N) is 2. The fourth-order valence-corrected chi connectivity index (χ4v) is 2.42. The lowest BCUT2D eigenvalue weighted by Gasteiger charge is -2.13. The topological polar surface area (TPSA) is 69.6 Å². The number of benzene rings is 1. The van der Waals surface area contributed by atoms with Crippen molar-refractivity contribution in [2.75, 3.05) is 27.7 Å². The smallest absolute Gasteiger partial charge is 0.253 e. The first-order chi connectivity index (χ1) is 12.5. The molecule has 0 spiro atoms. The number of carbonyl (C=O) groups is 1. The van der Waals surface area contributed by atoms with Crippen LogP contribution in [-0.2, 0) is 13.0 Å². The van der Waals surface area contributed by atoms with Gasteiger partial charge >= 0.3 is 0 Å². The second-order valence-electron chi connectivity index (χ2n) is 5.99. The third kappa shape index (κ3) is 6.04. The fourth-order valence-electron chi connectivity index (χ4n) is 2.31. The van der Waals surface area contributed by atoms with E-state index >= 15 is 0 Å². The van der Waals surface area contributed by atoms with E-state index in [1.54, 1.807) is 38.3 Å². The molecule has 1 aromatic carbocycles.